The fourth-order valence-electron chi connectivity index (χ4n) is 2.91. The predicted molar refractivity (Wildman–Crippen MR) is 80.9 cm³/mol. The Kier molecular flexibility index (Phi) is 4.92. The lowest BCUT2D eigenvalue weighted by Crippen LogP contribution is -2.38. The van der Waals surface area contributed by atoms with Gasteiger partial charge in [0.15, 0.2) is 0 Å². The molecule has 23 heavy (non-hydrogen) atoms. The number of methoxy groups -OCH3 is 1. The van der Waals surface area contributed by atoms with Crippen molar-refractivity contribution < 1.29 is 28.6 Å². The van der Waals surface area contributed by atoms with Gasteiger partial charge in [0.1, 0.15) is 6.29 Å². The SMILES string of the molecule is COC(=O)C1=CO[C@@H](OC(=O)CC(C)(C)C)C2C(C=O)=CCC12. The first-order chi connectivity index (χ1) is 10.8. The fraction of sp³-hybridized carbons (Fsp3) is 0.588. The third-order valence-electron chi connectivity index (χ3n) is 3.93. The van der Waals surface area contributed by atoms with E-state index in [0.29, 0.717) is 17.6 Å². The molecule has 6 nitrogen and oxygen atoms in total. The third-order valence-corrected chi connectivity index (χ3v) is 3.93. The van der Waals surface area contributed by atoms with E-state index >= 15 is 0 Å². The highest BCUT2D eigenvalue weighted by atomic mass is 16.7. The molecule has 6 heteroatoms. The Bertz CT molecular complexity index is 566. The van der Waals surface area contributed by atoms with Gasteiger partial charge in [-0.1, -0.05) is 26.8 Å². The van der Waals surface area contributed by atoms with Crippen LogP contribution in [-0.4, -0.2) is 31.6 Å². The Labute approximate surface area is 135 Å². The lowest BCUT2D eigenvalue weighted by molar-refractivity contribution is -0.184. The summed E-state index contributed by atoms with van der Waals surface area (Å²) >= 11 is 0. The van der Waals surface area contributed by atoms with Gasteiger partial charge in [0.2, 0.25) is 0 Å². The van der Waals surface area contributed by atoms with Crippen LogP contribution in [0, 0.1) is 17.3 Å². The average molecular weight is 322 g/mol. The topological polar surface area (TPSA) is 78.9 Å². The van der Waals surface area contributed by atoms with Crippen molar-refractivity contribution in [2.24, 2.45) is 17.3 Å². The molecular weight excluding hydrogens is 300 g/mol. The number of esters is 2. The summed E-state index contributed by atoms with van der Waals surface area (Å²) in [6.45, 7) is 5.79. The van der Waals surface area contributed by atoms with E-state index in [0.717, 1.165) is 6.29 Å². The molecule has 2 rings (SSSR count). The summed E-state index contributed by atoms with van der Waals surface area (Å²) in [4.78, 5) is 35.2. The smallest absolute Gasteiger partial charge is 0.337 e. The fourth-order valence-corrected chi connectivity index (χ4v) is 2.91. The normalized spacial score (nSPS) is 26.3. The van der Waals surface area contributed by atoms with Gasteiger partial charge in [0.05, 0.1) is 31.3 Å². The predicted octanol–water partition coefficient (Wildman–Crippen LogP) is 2.14. The Morgan fingerprint density at radius 1 is 1.39 bits per heavy atom. The third kappa shape index (κ3) is 3.81. The van der Waals surface area contributed by atoms with Crippen LogP contribution in [0.3, 0.4) is 0 Å². The summed E-state index contributed by atoms with van der Waals surface area (Å²) in [5.74, 6) is -1.65. The number of fused-ring (bicyclic) bond motifs is 1. The largest absolute Gasteiger partial charge is 0.466 e. The summed E-state index contributed by atoms with van der Waals surface area (Å²) in [6, 6.07) is 0. The van der Waals surface area contributed by atoms with E-state index < -0.39 is 24.1 Å². The summed E-state index contributed by atoms with van der Waals surface area (Å²) in [5, 5.41) is 0. The molecule has 0 bridgehead atoms. The molecule has 0 aromatic heterocycles. The Morgan fingerprint density at radius 2 is 2.09 bits per heavy atom. The number of aldehydes is 1. The molecule has 0 amide bonds. The molecule has 1 aliphatic heterocycles. The van der Waals surface area contributed by atoms with Gasteiger partial charge in [-0.25, -0.2) is 4.79 Å². The van der Waals surface area contributed by atoms with Crippen molar-refractivity contribution in [3.05, 3.63) is 23.5 Å². The molecular formula is C17H22O6. The standard InChI is InChI=1S/C17H22O6/c1-17(2,3)7-13(19)23-16-14-10(8-18)5-6-11(14)12(9-22-16)15(20)21-4/h5,8-9,11,14,16H,6-7H2,1-4H3/t11?,14?,16-/m0/s1. The molecule has 0 radical (unpaired) electrons. The minimum Gasteiger partial charge on any atom is -0.466 e. The maximum absolute atomic E-state index is 12.1. The molecule has 2 aliphatic rings. The molecule has 0 spiro atoms. The van der Waals surface area contributed by atoms with Crippen LogP contribution in [0.4, 0.5) is 0 Å². The van der Waals surface area contributed by atoms with Gasteiger partial charge in [-0.3, -0.25) is 9.59 Å². The first-order valence-electron chi connectivity index (χ1n) is 7.55. The van der Waals surface area contributed by atoms with Crippen molar-refractivity contribution in [2.75, 3.05) is 7.11 Å². The second kappa shape index (κ2) is 6.56. The number of ether oxygens (including phenoxy) is 3. The summed E-state index contributed by atoms with van der Waals surface area (Å²) < 4.78 is 15.6. The number of allylic oxidation sites excluding steroid dienone is 1. The minimum atomic E-state index is -0.901. The highest BCUT2D eigenvalue weighted by Crippen LogP contribution is 2.43. The minimum absolute atomic E-state index is 0.211. The van der Waals surface area contributed by atoms with E-state index in [-0.39, 0.29) is 17.8 Å². The highest BCUT2D eigenvalue weighted by molar-refractivity contribution is 5.90. The van der Waals surface area contributed by atoms with Crippen molar-refractivity contribution in [2.45, 2.75) is 39.9 Å². The van der Waals surface area contributed by atoms with Crippen molar-refractivity contribution in [1.29, 1.82) is 0 Å². The molecule has 0 saturated heterocycles. The lowest BCUT2D eigenvalue weighted by Gasteiger charge is -2.33. The molecule has 0 N–H and O–H groups in total. The number of hydrogen-bond acceptors (Lipinski definition) is 6. The lowest BCUT2D eigenvalue weighted by atomic mass is 9.83. The number of carbonyl (C=O) groups excluding carboxylic acids is 3. The Hall–Kier alpha value is -2.11. The Morgan fingerprint density at radius 3 is 2.65 bits per heavy atom. The van der Waals surface area contributed by atoms with Gasteiger partial charge < -0.3 is 14.2 Å². The maximum Gasteiger partial charge on any atom is 0.337 e. The summed E-state index contributed by atoms with van der Waals surface area (Å²) in [7, 11) is 1.29. The average Bonchev–Trinajstić information content (AvgIpc) is 2.89. The van der Waals surface area contributed by atoms with Gasteiger partial charge in [0, 0.05) is 5.92 Å². The van der Waals surface area contributed by atoms with E-state index in [2.05, 4.69) is 0 Å². The quantitative estimate of drug-likeness (QED) is 0.583. The van der Waals surface area contributed by atoms with Crippen molar-refractivity contribution >= 4 is 18.2 Å². The van der Waals surface area contributed by atoms with Gasteiger partial charge >= 0.3 is 11.9 Å². The zero-order valence-corrected chi connectivity index (χ0v) is 13.8. The number of rotatable bonds is 4. The molecule has 0 saturated carbocycles. The van der Waals surface area contributed by atoms with Crippen molar-refractivity contribution in [3.63, 3.8) is 0 Å². The van der Waals surface area contributed by atoms with Crippen LogP contribution in [0.5, 0.6) is 0 Å². The second-order valence-corrected chi connectivity index (χ2v) is 6.99. The number of carbonyl (C=O) groups is 3. The molecule has 1 aliphatic carbocycles. The molecule has 0 fully saturated rings. The van der Waals surface area contributed by atoms with Gasteiger partial charge in [0.25, 0.3) is 6.29 Å². The van der Waals surface area contributed by atoms with Crippen LogP contribution in [0.15, 0.2) is 23.5 Å². The van der Waals surface area contributed by atoms with Crippen LogP contribution in [0.25, 0.3) is 0 Å². The van der Waals surface area contributed by atoms with Crippen LogP contribution in [0.2, 0.25) is 0 Å². The second-order valence-electron chi connectivity index (χ2n) is 6.99. The van der Waals surface area contributed by atoms with Crippen LogP contribution >= 0.6 is 0 Å². The molecule has 0 aromatic carbocycles. The first kappa shape index (κ1) is 17.2. The summed E-state index contributed by atoms with van der Waals surface area (Å²) in [6.07, 6.45) is 3.59. The van der Waals surface area contributed by atoms with Gasteiger partial charge in [-0.2, -0.15) is 0 Å². The Balaban J connectivity index is 2.19. The molecule has 1 heterocycles. The monoisotopic (exact) mass is 322 g/mol. The van der Waals surface area contributed by atoms with Crippen LogP contribution in [0.1, 0.15) is 33.6 Å². The molecule has 2 unspecified atom stereocenters. The highest BCUT2D eigenvalue weighted by Gasteiger charge is 2.46. The van der Waals surface area contributed by atoms with E-state index in [1.165, 1.54) is 13.4 Å². The molecule has 126 valence electrons. The van der Waals surface area contributed by atoms with E-state index in [1.54, 1.807) is 6.08 Å². The molecule has 3 atom stereocenters. The van der Waals surface area contributed by atoms with E-state index in [4.69, 9.17) is 14.2 Å². The van der Waals surface area contributed by atoms with Crippen molar-refractivity contribution in [1.82, 2.24) is 0 Å². The molecule has 0 aromatic rings. The van der Waals surface area contributed by atoms with Gasteiger partial charge in [-0.15, -0.1) is 0 Å². The zero-order valence-electron chi connectivity index (χ0n) is 13.8. The van der Waals surface area contributed by atoms with Crippen LogP contribution < -0.4 is 0 Å². The van der Waals surface area contributed by atoms with Crippen LogP contribution in [-0.2, 0) is 28.6 Å². The first-order valence-corrected chi connectivity index (χ1v) is 7.55. The summed E-state index contributed by atoms with van der Waals surface area (Å²) in [5.41, 5.74) is 0.628. The maximum atomic E-state index is 12.1. The van der Waals surface area contributed by atoms with Gasteiger partial charge in [-0.05, 0) is 17.4 Å². The zero-order chi connectivity index (χ0) is 17.2. The van der Waals surface area contributed by atoms with E-state index in [1.807, 2.05) is 20.8 Å². The number of hydrogen-bond donors (Lipinski definition) is 0. The van der Waals surface area contributed by atoms with E-state index in [9.17, 15) is 14.4 Å². The van der Waals surface area contributed by atoms with Crippen molar-refractivity contribution in [3.8, 4) is 0 Å².